The monoisotopic (exact) mass is 391 g/mol. The molecule has 2 amide bonds. The van der Waals surface area contributed by atoms with E-state index in [-0.39, 0.29) is 11.6 Å². The Morgan fingerprint density at radius 3 is 2.39 bits per heavy atom. The van der Waals surface area contributed by atoms with E-state index >= 15 is 0 Å². The molecular formula is C20H20F3N3O2. The molecule has 1 heterocycles. The van der Waals surface area contributed by atoms with Gasteiger partial charge in [0, 0.05) is 26.0 Å². The summed E-state index contributed by atoms with van der Waals surface area (Å²) in [6.07, 6.45) is -0.0294. The predicted molar refractivity (Wildman–Crippen MR) is 97.3 cm³/mol. The number of anilines is 1. The molecule has 0 bridgehead atoms. The normalized spacial score (nSPS) is 15.0. The lowest BCUT2D eigenvalue weighted by Gasteiger charge is -2.23. The molecule has 1 N–H and O–H groups in total. The van der Waals surface area contributed by atoms with E-state index in [1.165, 1.54) is 23.1 Å². The van der Waals surface area contributed by atoms with Crippen molar-refractivity contribution in [3.8, 4) is 0 Å². The SMILES string of the molecule is CN(CCc1ccncc1)C(=O)C1(C(=O)Nc2ccccc2C(F)(F)F)CC1. The number of carbonyl (C=O) groups is 2. The van der Waals surface area contributed by atoms with Crippen LogP contribution in [0.3, 0.4) is 0 Å². The first-order chi connectivity index (χ1) is 13.2. The van der Waals surface area contributed by atoms with Gasteiger partial charge in [-0.1, -0.05) is 12.1 Å². The molecule has 28 heavy (non-hydrogen) atoms. The van der Waals surface area contributed by atoms with Crippen molar-refractivity contribution in [1.82, 2.24) is 9.88 Å². The highest BCUT2D eigenvalue weighted by Crippen LogP contribution is 2.48. The molecule has 0 aliphatic heterocycles. The van der Waals surface area contributed by atoms with Gasteiger partial charge < -0.3 is 10.2 Å². The Morgan fingerprint density at radius 2 is 1.79 bits per heavy atom. The van der Waals surface area contributed by atoms with Crippen molar-refractivity contribution in [2.45, 2.75) is 25.4 Å². The van der Waals surface area contributed by atoms with Gasteiger partial charge in [0.2, 0.25) is 11.8 Å². The number of carbonyl (C=O) groups excluding carboxylic acids is 2. The van der Waals surface area contributed by atoms with Gasteiger partial charge in [-0.05, 0) is 49.1 Å². The Hall–Kier alpha value is -2.90. The number of nitrogens with zero attached hydrogens (tertiary/aromatic N) is 2. The lowest BCUT2D eigenvalue weighted by atomic mass is 10.0. The number of pyridine rings is 1. The summed E-state index contributed by atoms with van der Waals surface area (Å²) in [6.45, 7) is 0.400. The zero-order valence-corrected chi connectivity index (χ0v) is 15.3. The van der Waals surface area contributed by atoms with E-state index in [1.807, 2.05) is 12.1 Å². The Balaban J connectivity index is 1.68. The molecule has 1 aromatic heterocycles. The summed E-state index contributed by atoms with van der Waals surface area (Å²) in [6, 6.07) is 8.43. The van der Waals surface area contributed by atoms with Crippen LogP contribution in [0.4, 0.5) is 18.9 Å². The van der Waals surface area contributed by atoms with E-state index in [0.29, 0.717) is 25.8 Å². The van der Waals surface area contributed by atoms with Crippen LogP contribution in [0.5, 0.6) is 0 Å². The topological polar surface area (TPSA) is 62.3 Å². The molecule has 0 unspecified atom stereocenters. The fourth-order valence-electron chi connectivity index (χ4n) is 3.06. The number of hydrogen-bond acceptors (Lipinski definition) is 3. The molecule has 148 valence electrons. The molecule has 0 radical (unpaired) electrons. The second kappa shape index (κ2) is 7.61. The highest BCUT2D eigenvalue weighted by Gasteiger charge is 2.57. The third-order valence-corrected chi connectivity index (χ3v) is 4.91. The molecule has 0 atom stereocenters. The standard InChI is InChI=1S/C20H20F3N3O2/c1-26(13-8-14-6-11-24-12-7-14)18(28)19(9-10-19)17(27)25-16-5-3-2-4-15(16)20(21,22)23/h2-7,11-12H,8-10,13H2,1H3,(H,25,27). The second-order valence-electron chi connectivity index (χ2n) is 6.91. The van der Waals surface area contributed by atoms with Crippen LogP contribution >= 0.6 is 0 Å². The first-order valence-corrected chi connectivity index (χ1v) is 8.86. The summed E-state index contributed by atoms with van der Waals surface area (Å²) < 4.78 is 39.4. The Bertz CT molecular complexity index is 864. The summed E-state index contributed by atoms with van der Waals surface area (Å²) in [5, 5.41) is 2.31. The predicted octanol–water partition coefficient (Wildman–Crippen LogP) is 3.52. The molecule has 0 spiro atoms. The number of nitrogens with one attached hydrogen (secondary N) is 1. The van der Waals surface area contributed by atoms with Gasteiger partial charge in [-0.15, -0.1) is 0 Å². The zero-order chi connectivity index (χ0) is 20.4. The Morgan fingerprint density at radius 1 is 1.14 bits per heavy atom. The zero-order valence-electron chi connectivity index (χ0n) is 15.3. The quantitative estimate of drug-likeness (QED) is 0.767. The number of benzene rings is 1. The number of halogens is 3. The van der Waals surface area contributed by atoms with Crippen molar-refractivity contribution in [2.75, 3.05) is 18.9 Å². The molecule has 1 aromatic carbocycles. The Labute approximate surface area is 160 Å². The van der Waals surface area contributed by atoms with Crippen LogP contribution in [0.2, 0.25) is 0 Å². The van der Waals surface area contributed by atoms with Crippen molar-refractivity contribution < 1.29 is 22.8 Å². The average molecular weight is 391 g/mol. The number of aromatic nitrogens is 1. The number of para-hydroxylation sites is 1. The number of likely N-dealkylation sites (N-methyl/N-ethyl adjacent to an activating group) is 1. The minimum Gasteiger partial charge on any atom is -0.344 e. The smallest absolute Gasteiger partial charge is 0.344 e. The van der Waals surface area contributed by atoms with Gasteiger partial charge in [0.1, 0.15) is 5.41 Å². The van der Waals surface area contributed by atoms with Crippen LogP contribution in [0.25, 0.3) is 0 Å². The van der Waals surface area contributed by atoms with Gasteiger partial charge in [0.15, 0.2) is 0 Å². The minimum atomic E-state index is -4.59. The van der Waals surface area contributed by atoms with Crippen molar-refractivity contribution in [2.24, 2.45) is 5.41 Å². The van der Waals surface area contributed by atoms with Gasteiger partial charge >= 0.3 is 6.18 Å². The third kappa shape index (κ3) is 4.16. The van der Waals surface area contributed by atoms with E-state index < -0.39 is 23.1 Å². The summed E-state index contributed by atoms with van der Waals surface area (Å²) in [5.74, 6) is -1.06. The van der Waals surface area contributed by atoms with E-state index in [2.05, 4.69) is 10.3 Å². The molecule has 0 saturated heterocycles. The Kier molecular flexibility index (Phi) is 5.40. The third-order valence-electron chi connectivity index (χ3n) is 4.91. The lowest BCUT2D eigenvalue weighted by molar-refractivity contribution is -0.141. The highest BCUT2D eigenvalue weighted by atomic mass is 19.4. The molecular weight excluding hydrogens is 371 g/mol. The highest BCUT2D eigenvalue weighted by molar-refractivity contribution is 6.13. The van der Waals surface area contributed by atoms with Crippen LogP contribution in [-0.2, 0) is 22.2 Å². The maximum absolute atomic E-state index is 13.1. The summed E-state index contributed by atoms with van der Waals surface area (Å²) in [7, 11) is 1.60. The number of alkyl halides is 3. The molecule has 1 saturated carbocycles. The molecule has 1 aliphatic carbocycles. The van der Waals surface area contributed by atoms with Gasteiger partial charge in [-0.2, -0.15) is 13.2 Å². The largest absolute Gasteiger partial charge is 0.418 e. The second-order valence-corrected chi connectivity index (χ2v) is 6.91. The van der Waals surface area contributed by atoms with Crippen LogP contribution in [0, 0.1) is 5.41 Å². The molecule has 2 aromatic rings. The maximum atomic E-state index is 13.1. The van der Waals surface area contributed by atoms with Crippen molar-refractivity contribution in [1.29, 1.82) is 0 Å². The van der Waals surface area contributed by atoms with E-state index in [9.17, 15) is 22.8 Å². The lowest BCUT2D eigenvalue weighted by Crippen LogP contribution is -2.42. The van der Waals surface area contributed by atoms with Crippen LogP contribution in [0.1, 0.15) is 24.0 Å². The minimum absolute atomic E-state index is 0.325. The van der Waals surface area contributed by atoms with Gasteiger partial charge in [-0.3, -0.25) is 14.6 Å². The number of hydrogen-bond donors (Lipinski definition) is 1. The summed E-state index contributed by atoms with van der Waals surface area (Å²) in [4.78, 5) is 30.8. The summed E-state index contributed by atoms with van der Waals surface area (Å²) in [5.41, 5.74) is -1.55. The molecule has 1 aliphatic rings. The number of rotatable bonds is 6. The molecule has 1 fully saturated rings. The van der Waals surface area contributed by atoms with Crippen molar-refractivity contribution >= 4 is 17.5 Å². The summed E-state index contributed by atoms with van der Waals surface area (Å²) >= 11 is 0. The van der Waals surface area contributed by atoms with Crippen molar-refractivity contribution in [3.05, 3.63) is 59.9 Å². The average Bonchev–Trinajstić information content (AvgIpc) is 3.48. The van der Waals surface area contributed by atoms with Gasteiger partial charge in [0.05, 0.1) is 11.3 Å². The number of amides is 2. The first kappa shape index (κ1) is 19.9. The molecule has 8 heteroatoms. The maximum Gasteiger partial charge on any atom is 0.418 e. The molecule has 5 nitrogen and oxygen atoms in total. The van der Waals surface area contributed by atoms with Gasteiger partial charge in [-0.25, -0.2) is 0 Å². The van der Waals surface area contributed by atoms with E-state index in [0.717, 1.165) is 11.6 Å². The van der Waals surface area contributed by atoms with Gasteiger partial charge in [0.25, 0.3) is 0 Å². The first-order valence-electron chi connectivity index (χ1n) is 8.86. The van der Waals surface area contributed by atoms with Crippen LogP contribution in [-0.4, -0.2) is 35.3 Å². The fourth-order valence-corrected chi connectivity index (χ4v) is 3.06. The van der Waals surface area contributed by atoms with E-state index in [1.54, 1.807) is 19.4 Å². The van der Waals surface area contributed by atoms with Crippen LogP contribution < -0.4 is 5.32 Å². The van der Waals surface area contributed by atoms with E-state index in [4.69, 9.17) is 0 Å². The van der Waals surface area contributed by atoms with Crippen LogP contribution in [0.15, 0.2) is 48.8 Å². The van der Waals surface area contributed by atoms with Crippen molar-refractivity contribution in [3.63, 3.8) is 0 Å². The molecule has 3 rings (SSSR count). The fraction of sp³-hybridized carbons (Fsp3) is 0.350.